The van der Waals surface area contributed by atoms with E-state index in [4.69, 9.17) is 0 Å². The summed E-state index contributed by atoms with van der Waals surface area (Å²) < 4.78 is 13.3. The Balaban J connectivity index is 1.55. The fourth-order valence-electron chi connectivity index (χ4n) is 4.48. The van der Waals surface area contributed by atoms with Crippen molar-refractivity contribution in [1.29, 1.82) is 0 Å². The van der Waals surface area contributed by atoms with Gasteiger partial charge in [0.25, 0.3) is 5.91 Å². The molecule has 8 nitrogen and oxygen atoms in total. The molecule has 0 radical (unpaired) electrons. The lowest BCUT2D eigenvalue weighted by atomic mass is 10.1. The van der Waals surface area contributed by atoms with Gasteiger partial charge >= 0.3 is 0 Å². The van der Waals surface area contributed by atoms with Crippen LogP contribution in [0.2, 0.25) is 0 Å². The number of rotatable bonds is 5. The van der Waals surface area contributed by atoms with Gasteiger partial charge in [0, 0.05) is 30.9 Å². The number of aliphatic imine (C=N–C) groups is 1. The number of likely N-dealkylation sites (tertiary alicyclic amines) is 2. The van der Waals surface area contributed by atoms with Gasteiger partial charge in [0.2, 0.25) is 17.8 Å². The summed E-state index contributed by atoms with van der Waals surface area (Å²) in [5.41, 5.74) is 1.98. The molecule has 2 N–H and O–H groups in total. The SMILES string of the molecule is Cc1cccc(NC(=N[C@H]2CCCCN(CC(=O)N3CCCC3)C2=O)NC(=O)c2ccc(F)cc2)c1. The Morgan fingerprint density at radius 1 is 1.03 bits per heavy atom. The van der Waals surface area contributed by atoms with Gasteiger partial charge in [0.05, 0.1) is 6.54 Å². The molecule has 9 heteroatoms. The van der Waals surface area contributed by atoms with Crippen LogP contribution < -0.4 is 10.6 Å². The lowest BCUT2D eigenvalue weighted by Crippen LogP contribution is -2.45. The maximum absolute atomic E-state index is 13.4. The second kappa shape index (κ2) is 11.8. The molecule has 190 valence electrons. The third-order valence-corrected chi connectivity index (χ3v) is 6.44. The van der Waals surface area contributed by atoms with Gasteiger partial charge in [-0.25, -0.2) is 9.38 Å². The summed E-state index contributed by atoms with van der Waals surface area (Å²) in [5, 5.41) is 5.86. The number of amides is 3. The monoisotopic (exact) mass is 493 g/mol. The molecule has 2 fully saturated rings. The number of halogens is 1. The molecular weight excluding hydrogens is 461 g/mol. The van der Waals surface area contributed by atoms with Gasteiger partial charge in [-0.15, -0.1) is 0 Å². The molecule has 3 amide bonds. The van der Waals surface area contributed by atoms with Gasteiger partial charge in [-0.05, 0) is 81.0 Å². The highest BCUT2D eigenvalue weighted by molar-refractivity contribution is 6.10. The fraction of sp³-hybridized carbons (Fsp3) is 0.407. The Morgan fingerprint density at radius 2 is 1.75 bits per heavy atom. The van der Waals surface area contributed by atoms with Gasteiger partial charge < -0.3 is 15.1 Å². The van der Waals surface area contributed by atoms with Gasteiger partial charge in [-0.3, -0.25) is 19.7 Å². The molecule has 0 spiro atoms. The zero-order valence-corrected chi connectivity index (χ0v) is 20.5. The molecule has 2 aromatic carbocycles. The smallest absolute Gasteiger partial charge is 0.257 e. The molecule has 2 aromatic rings. The normalized spacial score (nSPS) is 18.7. The molecule has 2 heterocycles. The molecule has 4 rings (SSSR count). The molecule has 0 aromatic heterocycles. The topological polar surface area (TPSA) is 94.1 Å². The van der Waals surface area contributed by atoms with Crippen LogP contribution in [0, 0.1) is 12.7 Å². The van der Waals surface area contributed by atoms with Gasteiger partial charge in [0.1, 0.15) is 11.9 Å². The zero-order chi connectivity index (χ0) is 25.5. The molecule has 36 heavy (non-hydrogen) atoms. The van der Waals surface area contributed by atoms with Crippen molar-refractivity contribution in [1.82, 2.24) is 15.1 Å². The van der Waals surface area contributed by atoms with E-state index in [1.165, 1.54) is 24.3 Å². The Labute approximate surface area is 210 Å². The number of guanidine groups is 1. The van der Waals surface area contributed by atoms with E-state index in [1.807, 2.05) is 36.1 Å². The van der Waals surface area contributed by atoms with Crippen LogP contribution in [0.4, 0.5) is 10.1 Å². The predicted octanol–water partition coefficient (Wildman–Crippen LogP) is 3.34. The predicted molar refractivity (Wildman–Crippen MR) is 136 cm³/mol. The van der Waals surface area contributed by atoms with E-state index in [2.05, 4.69) is 15.6 Å². The van der Waals surface area contributed by atoms with E-state index in [0.717, 1.165) is 44.3 Å². The third kappa shape index (κ3) is 6.68. The molecular formula is C27H32FN5O3. The van der Waals surface area contributed by atoms with Crippen LogP contribution in [0.1, 0.15) is 48.0 Å². The summed E-state index contributed by atoms with van der Waals surface area (Å²) in [6.45, 7) is 3.98. The number of hydrogen-bond acceptors (Lipinski definition) is 4. The van der Waals surface area contributed by atoms with Gasteiger partial charge in [-0.1, -0.05) is 12.1 Å². The lowest BCUT2D eigenvalue weighted by molar-refractivity contribution is -0.140. The van der Waals surface area contributed by atoms with Crippen molar-refractivity contribution >= 4 is 29.4 Å². The third-order valence-electron chi connectivity index (χ3n) is 6.44. The van der Waals surface area contributed by atoms with Gasteiger partial charge in [0.15, 0.2) is 0 Å². The van der Waals surface area contributed by atoms with Crippen molar-refractivity contribution in [2.24, 2.45) is 4.99 Å². The minimum atomic E-state index is -0.736. The van der Waals surface area contributed by atoms with Crippen LogP contribution in [0.3, 0.4) is 0 Å². The summed E-state index contributed by atoms with van der Waals surface area (Å²) in [4.78, 5) is 47.0. The van der Waals surface area contributed by atoms with Crippen LogP contribution in [0.15, 0.2) is 53.5 Å². The highest BCUT2D eigenvalue weighted by Crippen LogP contribution is 2.18. The van der Waals surface area contributed by atoms with Crippen molar-refractivity contribution in [3.63, 3.8) is 0 Å². The van der Waals surface area contributed by atoms with E-state index in [0.29, 0.717) is 18.7 Å². The number of nitrogens with zero attached hydrogens (tertiary/aromatic N) is 3. The maximum atomic E-state index is 13.4. The average Bonchev–Trinajstić information content (AvgIpc) is 3.35. The van der Waals surface area contributed by atoms with E-state index in [1.54, 1.807) is 4.90 Å². The van der Waals surface area contributed by atoms with Crippen molar-refractivity contribution in [3.05, 3.63) is 65.5 Å². The standard InChI is InChI=1S/C27H32FN5O3/c1-19-7-6-8-22(17-19)29-27(31-25(35)20-10-12-21(28)13-11-20)30-23-9-2-3-16-33(26(23)36)18-24(34)32-14-4-5-15-32/h6-8,10-13,17,23H,2-5,9,14-16,18H2,1H3,(H2,29,30,31,35)/t23-/m0/s1. The molecule has 0 saturated carbocycles. The molecule has 2 aliphatic heterocycles. The Morgan fingerprint density at radius 3 is 2.47 bits per heavy atom. The largest absolute Gasteiger partial charge is 0.341 e. The second-order valence-corrected chi connectivity index (χ2v) is 9.29. The molecule has 1 atom stereocenters. The first kappa shape index (κ1) is 25.3. The van der Waals surface area contributed by atoms with E-state index in [9.17, 15) is 18.8 Å². The Hall–Kier alpha value is -3.75. The van der Waals surface area contributed by atoms with E-state index < -0.39 is 17.8 Å². The highest BCUT2D eigenvalue weighted by Gasteiger charge is 2.30. The molecule has 2 saturated heterocycles. The van der Waals surface area contributed by atoms with Crippen LogP contribution in [0.5, 0.6) is 0 Å². The van der Waals surface area contributed by atoms with Crippen molar-refractivity contribution in [3.8, 4) is 0 Å². The van der Waals surface area contributed by atoms with E-state index >= 15 is 0 Å². The summed E-state index contributed by atoms with van der Waals surface area (Å²) in [7, 11) is 0. The maximum Gasteiger partial charge on any atom is 0.257 e. The summed E-state index contributed by atoms with van der Waals surface area (Å²) in [6, 6.07) is 12.0. The quantitative estimate of drug-likeness (QED) is 0.494. The minimum Gasteiger partial charge on any atom is -0.341 e. The number of carbonyl (C=O) groups is 3. The summed E-state index contributed by atoms with van der Waals surface area (Å²) in [5.74, 6) is -1.05. The summed E-state index contributed by atoms with van der Waals surface area (Å²) >= 11 is 0. The Bertz CT molecular complexity index is 1130. The van der Waals surface area contributed by atoms with Crippen molar-refractivity contribution < 1.29 is 18.8 Å². The van der Waals surface area contributed by atoms with E-state index in [-0.39, 0.29) is 29.9 Å². The second-order valence-electron chi connectivity index (χ2n) is 9.29. The van der Waals surface area contributed by atoms with Crippen molar-refractivity contribution in [2.75, 3.05) is 31.5 Å². The summed E-state index contributed by atoms with van der Waals surface area (Å²) in [6.07, 6.45) is 4.06. The minimum absolute atomic E-state index is 0.0341. The van der Waals surface area contributed by atoms with Gasteiger partial charge in [-0.2, -0.15) is 0 Å². The number of carbonyl (C=O) groups excluding carboxylic acids is 3. The lowest BCUT2D eigenvalue weighted by Gasteiger charge is -2.25. The number of hydrogen-bond donors (Lipinski definition) is 2. The first-order valence-corrected chi connectivity index (χ1v) is 12.4. The molecule has 0 aliphatic carbocycles. The molecule has 2 aliphatic rings. The first-order chi connectivity index (χ1) is 17.4. The Kier molecular flexibility index (Phi) is 8.30. The molecule has 0 unspecified atom stereocenters. The number of aryl methyl sites for hydroxylation is 1. The molecule has 0 bridgehead atoms. The van der Waals surface area contributed by atoms with Crippen LogP contribution >= 0.6 is 0 Å². The number of benzene rings is 2. The first-order valence-electron chi connectivity index (χ1n) is 12.4. The van der Waals surface area contributed by atoms with Crippen LogP contribution in [0.25, 0.3) is 0 Å². The average molecular weight is 494 g/mol. The fourth-order valence-corrected chi connectivity index (χ4v) is 4.48. The zero-order valence-electron chi connectivity index (χ0n) is 20.5. The number of nitrogens with one attached hydrogen (secondary N) is 2. The number of anilines is 1. The highest BCUT2D eigenvalue weighted by atomic mass is 19.1. The van der Waals surface area contributed by atoms with Crippen LogP contribution in [-0.4, -0.2) is 65.7 Å². The van der Waals surface area contributed by atoms with Crippen LogP contribution in [-0.2, 0) is 9.59 Å². The van der Waals surface area contributed by atoms with Crippen molar-refractivity contribution in [2.45, 2.75) is 45.1 Å².